The number of rotatable bonds is 8. The number of halogens is 2. The Labute approximate surface area is 200 Å². The number of oxime groups is 2. The standard InChI is InChI=1S/C22H20Cl2N4O5/c1-31-25-19-15-11-13(23)3-5-17(15)27(21(19)29)7-9-33-10-8-28-18-6-4-14(24)12-16(18)20(22(28)30)26-32-2/h3-6,11-12H,7-10H2,1-2H3/b25-19-,26-20+. The molecule has 2 aromatic rings. The van der Waals surface area contributed by atoms with Crippen molar-refractivity contribution < 1.29 is 24.0 Å². The maximum atomic E-state index is 12.8. The van der Waals surface area contributed by atoms with Gasteiger partial charge < -0.3 is 24.2 Å². The summed E-state index contributed by atoms with van der Waals surface area (Å²) in [6.45, 7) is 1.10. The molecule has 2 aromatic carbocycles. The summed E-state index contributed by atoms with van der Waals surface area (Å²) >= 11 is 12.1. The van der Waals surface area contributed by atoms with Crippen molar-refractivity contribution in [2.75, 3.05) is 50.3 Å². The topological polar surface area (TPSA) is 93.0 Å². The lowest BCUT2D eigenvalue weighted by atomic mass is 10.1. The molecule has 2 aliphatic heterocycles. The van der Waals surface area contributed by atoms with E-state index in [1.54, 1.807) is 46.2 Å². The summed E-state index contributed by atoms with van der Waals surface area (Å²) < 4.78 is 5.74. The lowest BCUT2D eigenvalue weighted by Crippen LogP contribution is -2.35. The number of benzene rings is 2. The van der Waals surface area contributed by atoms with E-state index in [4.69, 9.17) is 37.6 Å². The van der Waals surface area contributed by atoms with Gasteiger partial charge >= 0.3 is 0 Å². The van der Waals surface area contributed by atoms with E-state index in [0.29, 0.717) is 45.6 Å². The van der Waals surface area contributed by atoms with Crippen LogP contribution in [0.1, 0.15) is 11.1 Å². The maximum Gasteiger partial charge on any atom is 0.281 e. The Morgan fingerprint density at radius 2 is 1.18 bits per heavy atom. The van der Waals surface area contributed by atoms with Gasteiger partial charge in [0.2, 0.25) is 0 Å². The van der Waals surface area contributed by atoms with Crippen LogP contribution in [0.2, 0.25) is 10.0 Å². The van der Waals surface area contributed by atoms with Crippen LogP contribution in [-0.4, -0.2) is 63.8 Å². The van der Waals surface area contributed by atoms with Crippen LogP contribution in [0.25, 0.3) is 0 Å². The number of amides is 2. The SMILES string of the molecule is CO/N=C1\C(=O)N(CCOCCN2C(=O)/C(=N/OC)c3cc(Cl)ccc32)c2ccc(Cl)cc21. The lowest BCUT2D eigenvalue weighted by molar-refractivity contribution is -0.113. The van der Waals surface area contributed by atoms with Crippen LogP contribution in [0.15, 0.2) is 46.7 Å². The van der Waals surface area contributed by atoms with Crippen molar-refractivity contribution in [1.82, 2.24) is 0 Å². The lowest BCUT2D eigenvalue weighted by Gasteiger charge is -2.19. The second kappa shape index (κ2) is 9.78. The van der Waals surface area contributed by atoms with Crippen LogP contribution >= 0.6 is 23.2 Å². The number of nitrogens with zero attached hydrogens (tertiary/aromatic N) is 4. The van der Waals surface area contributed by atoms with Gasteiger partial charge in [-0.1, -0.05) is 33.5 Å². The van der Waals surface area contributed by atoms with Gasteiger partial charge in [0.15, 0.2) is 11.4 Å². The molecule has 0 bridgehead atoms. The highest BCUT2D eigenvalue weighted by atomic mass is 35.5. The highest BCUT2D eigenvalue weighted by Gasteiger charge is 2.36. The van der Waals surface area contributed by atoms with E-state index in [1.165, 1.54) is 14.2 Å². The molecule has 2 amide bonds. The van der Waals surface area contributed by atoms with Crippen molar-refractivity contribution >= 4 is 57.8 Å². The summed E-state index contributed by atoms with van der Waals surface area (Å²) in [6.07, 6.45) is 0. The smallest absolute Gasteiger partial charge is 0.281 e. The molecule has 0 spiro atoms. The zero-order chi connectivity index (χ0) is 23.5. The largest absolute Gasteiger partial charge is 0.398 e. The molecule has 0 saturated heterocycles. The first kappa shape index (κ1) is 23.0. The predicted octanol–water partition coefficient (Wildman–Crippen LogP) is 3.10. The van der Waals surface area contributed by atoms with Crippen LogP contribution in [0.4, 0.5) is 11.4 Å². The van der Waals surface area contributed by atoms with E-state index in [2.05, 4.69) is 10.3 Å². The minimum absolute atomic E-state index is 0.192. The molecule has 172 valence electrons. The van der Waals surface area contributed by atoms with Gasteiger partial charge in [0, 0.05) is 34.3 Å². The molecule has 11 heteroatoms. The summed E-state index contributed by atoms with van der Waals surface area (Å²) in [5, 5.41) is 8.68. The zero-order valence-corrected chi connectivity index (χ0v) is 19.4. The normalized spacial score (nSPS) is 17.2. The molecule has 9 nitrogen and oxygen atoms in total. The van der Waals surface area contributed by atoms with Crippen molar-refractivity contribution in [2.45, 2.75) is 0 Å². The second-order valence-corrected chi connectivity index (χ2v) is 7.97. The highest BCUT2D eigenvalue weighted by molar-refractivity contribution is 6.55. The summed E-state index contributed by atoms with van der Waals surface area (Å²) in [5.41, 5.74) is 2.97. The van der Waals surface area contributed by atoms with Crippen molar-refractivity contribution in [1.29, 1.82) is 0 Å². The van der Waals surface area contributed by atoms with Crippen LogP contribution in [0, 0.1) is 0 Å². The summed E-state index contributed by atoms with van der Waals surface area (Å²) in [5.74, 6) is -0.586. The molecule has 0 fully saturated rings. The molecular formula is C22H20Cl2N4O5. The third-order valence-electron chi connectivity index (χ3n) is 5.19. The van der Waals surface area contributed by atoms with Crippen LogP contribution in [0.5, 0.6) is 0 Å². The predicted molar refractivity (Wildman–Crippen MR) is 126 cm³/mol. The van der Waals surface area contributed by atoms with Crippen molar-refractivity contribution in [2.24, 2.45) is 10.3 Å². The Kier molecular flexibility index (Phi) is 6.83. The number of carbonyl (C=O) groups is 2. The highest BCUT2D eigenvalue weighted by Crippen LogP contribution is 2.33. The summed E-state index contributed by atoms with van der Waals surface area (Å²) in [4.78, 5) is 38.3. The second-order valence-electron chi connectivity index (χ2n) is 7.09. The van der Waals surface area contributed by atoms with Gasteiger partial charge in [-0.2, -0.15) is 0 Å². The minimum Gasteiger partial charge on any atom is -0.398 e. The first-order chi connectivity index (χ1) is 16.0. The van der Waals surface area contributed by atoms with Gasteiger partial charge in [-0.05, 0) is 36.4 Å². The molecule has 4 rings (SSSR count). The Hall–Kier alpha value is -3.14. The van der Waals surface area contributed by atoms with Gasteiger partial charge in [-0.25, -0.2) is 0 Å². The number of anilines is 2. The third kappa shape index (κ3) is 4.39. The molecule has 33 heavy (non-hydrogen) atoms. The Balaban J connectivity index is 1.38. The van der Waals surface area contributed by atoms with E-state index >= 15 is 0 Å². The van der Waals surface area contributed by atoms with Crippen LogP contribution in [0.3, 0.4) is 0 Å². The van der Waals surface area contributed by atoms with Crippen LogP contribution < -0.4 is 9.80 Å². The quantitative estimate of drug-likeness (QED) is 0.418. The summed E-state index contributed by atoms with van der Waals surface area (Å²) in [7, 11) is 2.76. The number of hydrogen-bond acceptors (Lipinski definition) is 7. The van der Waals surface area contributed by atoms with Gasteiger partial charge in [-0.3, -0.25) is 9.59 Å². The molecule has 2 aliphatic rings. The Morgan fingerprint density at radius 3 is 1.58 bits per heavy atom. The van der Waals surface area contributed by atoms with Crippen molar-refractivity contribution in [3.8, 4) is 0 Å². The molecule has 0 aromatic heterocycles. The molecule has 0 atom stereocenters. The summed E-state index contributed by atoms with van der Waals surface area (Å²) in [6, 6.07) is 10.3. The Morgan fingerprint density at radius 1 is 0.758 bits per heavy atom. The molecule has 0 N–H and O–H groups in total. The van der Waals surface area contributed by atoms with E-state index in [1.807, 2.05) is 0 Å². The molecule has 0 aliphatic carbocycles. The maximum absolute atomic E-state index is 12.8. The average Bonchev–Trinajstić information content (AvgIpc) is 3.19. The molecule has 0 radical (unpaired) electrons. The molecular weight excluding hydrogens is 471 g/mol. The monoisotopic (exact) mass is 490 g/mol. The average molecular weight is 491 g/mol. The molecule has 0 unspecified atom stereocenters. The fourth-order valence-corrected chi connectivity index (χ4v) is 4.13. The van der Waals surface area contributed by atoms with Crippen molar-refractivity contribution in [3.05, 3.63) is 57.6 Å². The molecule has 2 heterocycles. The zero-order valence-electron chi connectivity index (χ0n) is 17.9. The van der Waals surface area contributed by atoms with Crippen LogP contribution in [-0.2, 0) is 24.0 Å². The molecule has 0 saturated carbocycles. The van der Waals surface area contributed by atoms with E-state index in [0.717, 1.165) is 0 Å². The first-order valence-corrected chi connectivity index (χ1v) is 10.8. The van der Waals surface area contributed by atoms with E-state index in [-0.39, 0.29) is 36.5 Å². The van der Waals surface area contributed by atoms with Gasteiger partial charge in [-0.15, -0.1) is 0 Å². The number of fused-ring (bicyclic) bond motifs is 2. The number of ether oxygens (including phenoxy) is 1. The number of carbonyl (C=O) groups excluding carboxylic acids is 2. The minimum atomic E-state index is -0.293. The first-order valence-electron chi connectivity index (χ1n) is 10.00. The third-order valence-corrected chi connectivity index (χ3v) is 5.66. The Bertz CT molecular complexity index is 1080. The van der Waals surface area contributed by atoms with Gasteiger partial charge in [0.1, 0.15) is 14.2 Å². The fourth-order valence-electron chi connectivity index (χ4n) is 3.79. The number of hydrogen-bond donors (Lipinski definition) is 0. The fraction of sp³-hybridized carbons (Fsp3) is 0.273. The van der Waals surface area contributed by atoms with E-state index < -0.39 is 0 Å². The van der Waals surface area contributed by atoms with E-state index in [9.17, 15) is 9.59 Å². The van der Waals surface area contributed by atoms with Gasteiger partial charge in [0.25, 0.3) is 11.8 Å². The van der Waals surface area contributed by atoms with Gasteiger partial charge in [0.05, 0.1) is 24.6 Å². The van der Waals surface area contributed by atoms with Crippen molar-refractivity contribution in [3.63, 3.8) is 0 Å².